The van der Waals surface area contributed by atoms with E-state index >= 15 is 0 Å². The Balaban J connectivity index is 0.956. The number of fused-ring (bicyclic) bond motifs is 9. The van der Waals surface area contributed by atoms with Crippen molar-refractivity contribution in [1.29, 1.82) is 0 Å². The highest BCUT2D eigenvalue weighted by Gasteiger charge is 2.35. The molecule has 0 radical (unpaired) electrons. The number of para-hydroxylation sites is 1. The van der Waals surface area contributed by atoms with Crippen molar-refractivity contribution in [3.05, 3.63) is 260 Å². The van der Waals surface area contributed by atoms with Crippen LogP contribution in [0.25, 0.3) is 127 Å². The average Bonchev–Trinajstić information content (AvgIpc) is 4.05. The lowest BCUT2D eigenvalue weighted by atomic mass is 9.82. The number of furan rings is 1. The molecule has 2 heteroatoms. The summed E-state index contributed by atoms with van der Waals surface area (Å²) in [4.78, 5) is 0. The molecular formula is C69H47NO. The molecule has 2 nitrogen and oxygen atoms in total. The molecule has 0 saturated carbocycles. The summed E-state index contributed by atoms with van der Waals surface area (Å²) in [7, 11) is 0. The van der Waals surface area contributed by atoms with Gasteiger partial charge in [-0.15, -0.1) is 0 Å². The Bertz CT molecular complexity index is 4210. The third-order valence-electron chi connectivity index (χ3n) is 15.2. The fourth-order valence-electron chi connectivity index (χ4n) is 11.6. The van der Waals surface area contributed by atoms with Crippen LogP contribution >= 0.6 is 0 Å². The highest BCUT2D eigenvalue weighted by Crippen LogP contribution is 2.50. The molecule has 71 heavy (non-hydrogen) atoms. The van der Waals surface area contributed by atoms with Crippen molar-refractivity contribution in [2.24, 2.45) is 0 Å². The molecule has 0 aliphatic heterocycles. The average molecular weight is 906 g/mol. The number of benzene rings is 11. The van der Waals surface area contributed by atoms with Crippen molar-refractivity contribution in [2.45, 2.75) is 19.3 Å². The molecule has 0 spiro atoms. The number of rotatable bonds is 7. The minimum absolute atomic E-state index is 0.112. The Kier molecular flexibility index (Phi) is 9.28. The van der Waals surface area contributed by atoms with E-state index in [1.807, 2.05) is 0 Å². The SMILES string of the molecule is CC1(C)c2ccccc2-c2ccc(-n3c4ccc(-c5ccccc5)cc4c4cc(-c5cc(-c6ccc(-c7ccccc7)cc6)cc(-c6ccc7oc8c(-c9ccccc9)cccc8c7c6)c5)ccc43)cc21. The monoisotopic (exact) mass is 905 g/mol. The first-order valence-corrected chi connectivity index (χ1v) is 24.6. The number of nitrogens with zero attached hydrogens (tertiary/aromatic N) is 1. The Morgan fingerprint density at radius 1 is 0.296 bits per heavy atom. The molecule has 0 fully saturated rings. The molecular weight excluding hydrogens is 859 g/mol. The van der Waals surface area contributed by atoms with Crippen molar-refractivity contribution in [3.8, 4) is 83.6 Å². The Morgan fingerprint density at radius 3 is 1.41 bits per heavy atom. The maximum atomic E-state index is 6.65. The molecule has 0 saturated heterocycles. The zero-order chi connectivity index (χ0) is 47.2. The maximum absolute atomic E-state index is 6.65. The van der Waals surface area contributed by atoms with Crippen LogP contribution in [0.1, 0.15) is 25.0 Å². The number of aromatic nitrogens is 1. The van der Waals surface area contributed by atoms with Crippen LogP contribution in [-0.4, -0.2) is 4.57 Å². The Morgan fingerprint density at radius 2 is 0.761 bits per heavy atom. The quantitative estimate of drug-likeness (QED) is 0.156. The lowest BCUT2D eigenvalue weighted by molar-refractivity contribution is 0.660. The van der Waals surface area contributed by atoms with Gasteiger partial charge >= 0.3 is 0 Å². The lowest BCUT2D eigenvalue weighted by Crippen LogP contribution is -2.15. The van der Waals surface area contributed by atoms with Crippen LogP contribution in [0.2, 0.25) is 0 Å². The lowest BCUT2D eigenvalue weighted by Gasteiger charge is -2.22. The van der Waals surface area contributed by atoms with Crippen LogP contribution in [0.5, 0.6) is 0 Å². The van der Waals surface area contributed by atoms with Crippen LogP contribution in [0.3, 0.4) is 0 Å². The van der Waals surface area contributed by atoms with Gasteiger partial charge in [0.2, 0.25) is 0 Å². The van der Waals surface area contributed by atoms with Gasteiger partial charge in [0.15, 0.2) is 0 Å². The summed E-state index contributed by atoms with van der Waals surface area (Å²) >= 11 is 0. The first-order chi connectivity index (χ1) is 34.9. The molecule has 0 N–H and O–H groups in total. The standard InChI is InChI=1S/C69H47NO/c1-69(2)63-24-13-12-21-57(63)58-33-32-55(43-64(58)69)70-65-34-29-49(45-17-8-4-9-18-45)40-60(65)61-41-50(30-35-66(61)70)53-37-52(47-27-25-46(26-28-47)44-15-6-3-7-16-44)38-54(39-53)51-31-36-67-62(42-51)59-23-14-22-56(68(59)71-67)48-19-10-5-11-20-48/h3-43H,1-2H3. The normalized spacial score (nSPS) is 12.8. The first kappa shape index (κ1) is 41.0. The van der Waals surface area contributed by atoms with Crippen LogP contribution in [0.4, 0.5) is 0 Å². The van der Waals surface area contributed by atoms with E-state index in [4.69, 9.17) is 4.42 Å². The zero-order valence-corrected chi connectivity index (χ0v) is 39.5. The van der Waals surface area contributed by atoms with Gasteiger partial charge in [-0.25, -0.2) is 0 Å². The summed E-state index contributed by atoms with van der Waals surface area (Å²) in [6, 6.07) is 91.2. The summed E-state index contributed by atoms with van der Waals surface area (Å²) in [6.45, 7) is 4.73. The topological polar surface area (TPSA) is 18.1 Å². The Labute approximate surface area is 413 Å². The van der Waals surface area contributed by atoms with Gasteiger partial charge in [0.1, 0.15) is 11.2 Å². The van der Waals surface area contributed by atoms with Crippen molar-refractivity contribution >= 4 is 43.7 Å². The van der Waals surface area contributed by atoms with E-state index in [9.17, 15) is 0 Å². The van der Waals surface area contributed by atoms with Crippen molar-refractivity contribution in [3.63, 3.8) is 0 Å². The van der Waals surface area contributed by atoms with Crippen LogP contribution in [0.15, 0.2) is 253 Å². The fourth-order valence-corrected chi connectivity index (χ4v) is 11.6. The first-order valence-electron chi connectivity index (χ1n) is 24.6. The van der Waals surface area contributed by atoms with Crippen LogP contribution in [-0.2, 0) is 5.41 Å². The predicted molar refractivity (Wildman–Crippen MR) is 298 cm³/mol. The molecule has 334 valence electrons. The van der Waals surface area contributed by atoms with Crippen LogP contribution < -0.4 is 0 Å². The van der Waals surface area contributed by atoms with E-state index < -0.39 is 0 Å². The molecule has 0 amide bonds. The van der Waals surface area contributed by atoms with Gasteiger partial charge in [-0.1, -0.05) is 196 Å². The van der Waals surface area contributed by atoms with Gasteiger partial charge in [0, 0.05) is 38.2 Å². The van der Waals surface area contributed by atoms with Gasteiger partial charge in [-0.2, -0.15) is 0 Å². The summed E-state index contributed by atoms with van der Waals surface area (Å²) in [6.07, 6.45) is 0. The van der Waals surface area contributed by atoms with Crippen molar-refractivity contribution in [2.75, 3.05) is 0 Å². The molecule has 13 aromatic rings. The van der Waals surface area contributed by atoms with E-state index in [1.165, 1.54) is 83.1 Å². The van der Waals surface area contributed by atoms with Crippen LogP contribution in [0, 0.1) is 0 Å². The van der Waals surface area contributed by atoms with E-state index in [0.29, 0.717) is 0 Å². The predicted octanol–water partition coefficient (Wildman–Crippen LogP) is 19.0. The molecule has 2 aromatic heterocycles. The molecule has 2 heterocycles. The Hall–Kier alpha value is -8.98. The smallest absolute Gasteiger partial charge is 0.143 e. The second-order valence-electron chi connectivity index (χ2n) is 19.7. The minimum Gasteiger partial charge on any atom is -0.455 e. The molecule has 11 aromatic carbocycles. The van der Waals surface area contributed by atoms with Gasteiger partial charge in [-0.05, 0) is 150 Å². The molecule has 14 rings (SSSR count). The highest BCUT2D eigenvalue weighted by atomic mass is 16.3. The summed E-state index contributed by atoms with van der Waals surface area (Å²) in [5.74, 6) is 0. The molecule has 0 bridgehead atoms. The third-order valence-corrected chi connectivity index (χ3v) is 15.2. The van der Waals surface area contributed by atoms with Gasteiger partial charge in [0.25, 0.3) is 0 Å². The molecule has 1 aliphatic carbocycles. The second kappa shape index (κ2) is 16.1. The zero-order valence-electron chi connectivity index (χ0n) is 39.5. The highest BCUT2D eigenvalue weighted by molar-refractivity contribution is 6.13. The van der Waals surface area contributed by atoms with Gasteiger partial charge in [0.05, 0.1) is 11.0 Å². The van der Waals surface area contributed by atoms with E-state index in [0.717, 1.165) is 55.3 Å². The third kappa shape index (κ3) is 6.71. The van der Waals surface area contributed by atoms with Crippen molar-refractivity contribution < 1.29 is 4.42 Å². The van der Waals surface area contributed by atoms with Gasteiger partial charge < -0.3 is 8.98 Å². The van der Waals surface area contributed by atoms with E-state index in [-0.39, 0.29) is 5.41 Å². The second-order valence-corrected chi connectivity index (χ2v) is 19.7. The summed E-state index contributed by atoms with van der Waals surface area (Å²) < 4.78 is 9.13. The van der Waals surface area contributed by atoms with Crippen molar-refractivity contribution in [1.82, 2.24) is 4.57 Å². The number of hydrogen-bond donors (Lipinski definition) is 0. The van der Waals surface area contributed by atoms with E-state index in [1.54, 1.807) is 0 Å². The summed E-state index contributed by atoms with van der Waals surface area (Å²) in [5.41, 5.74) is 24.6. The molecule has 1 aliphatic rings. The molecule has 0 unspecified atom stereocenters. The maximum Gasteiger partial charge on any atom is 0.143 e. The molecule has 0 atom stereocenters. The van der Waals surface area contributed by atoms with Gasteiger partial charge in [-0.3, -0.25) is 0 Å². The summed E-state index contributed by atoms with van der Waals surface area (Å²) in [5, 5.41) is 4.67. The van der Waals surface area contributed by atoms with E-state index in [2.05, 4.69) is 267 Å². The fraction of sp³-hybridized carbons (Fsp3) is 0.0435. The number of hydrogen-bond acceptors (Lipinski definition) is 1. The largest absolute Gasteiger partial charge is 0.455 e. The minimum atomic E-state index is -0.112.